The number of hydrogen-bond donors (Lipinski definition) is 1. The Labute approximate surface area is 184 Å². The zero-order valence-electron chi connectivity index (χ0n) is 18.6. The van der Waals surface area contributed by atoms with Crippen molar-refractivity contribution in [1.29, 1.82) is 0 Å². The van der Waals surface area contributed by atoms with Crippen molar-refractivity contribution in [3.05, 3.63) is 77.4 Å². The summed E-state index contributed by atoms with van der Waals surface area (Å²) in [5.74, 6) is 0.0406. The van der Waals surface area contributed by atoms with E-state index in [4.69, 9.17) is 0 Å². The normalized spacial score (nSPS) is 15.4. The summed E-state index contributed by atoms with van der Waals surface area (Å²) in [5, 5.41) is 7.32. The van der Waals surface area contributed by atoms with Crippen LogP contribution in [0.15, 0.2) is 55.1 Å². The van der Waals surface area contributed by atoms with Crippen LogP contribution in [-0.4, -0.2) is 39.2 Å². The molecule has 162 valence electrons. The highest BCUT2D eigenvalue weighted by Crippen LogP contribution is 2.25. The standard InChI is InChI=1S/C25H31N5O/c1-18(22-9-8-21-6-4-5-7-23(21)14-22)28-25(31)15-29(3)19(2)20-10-12-24(13-11-20)30-17-26-16-27-30/h8-14,16-19H,4-7,15H2,1-3H3,(H,28,31)/t18-,19+/m1/s1. The van der Waals surface area contributed by atoms with Crippen molar-refractivity contribution in [3.63, 3.8) is 0 Å². The van der Waals surface area contributed by atoms with Crippen molar-refractivity contribution in [2.75, 3.05) is 13.6 Å². The van der Waals surface area contributed by atoms with Gasteiger partial charge in [-0.2, -0.15) is 5.10 Å². The quantitative estimate of drug-likeness (QED) is 0.631. The molecule has 1 amide bonds. The first kappa shape index (κ1) is 21.2. The summed E-state index contributed by atoms with van der Waals surface area (Å²) in [4.78, 5) is 18.8. The molecule has 0 unspecified atom stereocenters. The Morgan fingerprint density at radius 1 is 1.06 bits per heavy atom. The molecule has 1 aromatic heterocycles. The van der Waals surface area contributed by atoms with Crippen LogP contribution in [0, 0.1) is 0 Å². The van der Waals surface area contributed by atoms with Crippen LogP contribution in [0.2, 0.25) is 0 Å². The maximum absolute atomic E-state index is 12.7. The Kier molecular flexibility index (Phi) is 6.47. The lowest BCUT2D eigenvalue weighted by atomic mass is 9.89. The molecule has 1 aliphatic rings. The van der Waals surface area contributed by atoms with Crippen molar-refractivity contribution in [2.24, 2.45) is 0 Å². The minimum Gasteiger partial charge on any atom is -0.348 e. The Bertz CT molecular complexity index is 1010. The topological polar surface area (TPSA) is 63.1 Å². The van der Waals surface area contributed by atoms with Crippen molar-refractivity contribution in [3.8, 4) is 5.69 Å². The van der Waals surface area contributed by atoms with Crippen LogP contribution >= 0.6 is 0 Å². The average molecular weight is 418 g/mol. The van der Waals surface area contributed by atoms with Crippen LogP contribution < -0.4 is 5.32 Å². The van der Waals surface area contributed by atoms with Crippen molar-refractivity contribution in [2.45, 2.75) is 51.6 Å². The molecule has 2 aromatic carbocycles. The van der Waals surface area contributed by atoms with Gasteiger partial charge >= 0.3 is 0 Å². The molecule has 0 spiro atoms. The van der Waals surface area contributed by atoms with Gasteiger partial charge in [0.25, 0.3) is 0 Å². The van der Waals surface area contributed by atoms with Gasteiger partial charge in [0.15, 0.2) is 0 Å². The fraction of sp³-hybridized carbons (Fsp3) is 0.400. The minimum absolute atomic E-state index is 0.00500. The van der Waals surface area contributed by atoms with Crippen LogP contribution in [0.3, 0.4) is 0 Å². The highest BCUT2D eigenvalue weighted by atomic mass is 16.2. The molecule has 0 aliphatic heterocycles. The number of carbonyl (C=O) groups excluding carboxylic acids is 1. The van der Waals surface area contributed by atoms with Crippen molar-refractivity contribution in [1.82, 2.24) is 25.0 Å². The number of aromatic nitrogens is 3. The van der Waals surface area contributed by atoms with Gasteiger partial charge in [0.05, 0.1) is 18.3 Å². The molecule has 2 atom stereocenters. The lowest BCUT2D eigenvalue weighted by Gasteiger charge is -2.26. The van der Waals surface area contributed by atoms with Gasteiger partial charge in [-0.05, 0) is 81.0 Å². The Morgan fingerprint density at radius 3 is 2.48 bits per heavy atom. The first-order valence-electron chi connectivity index (χ1n) is 11.1. The molecule has 1 heterocycles. The van der Waals surface area contributed by atoms with E-state index in [0.29, 0.717) is 6.54 Å². The van der Waals surface area contributed by atoms with E-state index < -0.39 is 0 Å². The van der Waals surface area contributed by atoms with E-state index in [1.165, 1.54) is 42.3 Å². The second-order valence-electron chi connectivity index (χ2n) is 8.55. The summed E-state index contributed by atoms with van der Waals surface area (Å²) in [6.07, 6.45) is 8.08. The molecular formula is C25H31N5O. The van der Waals surface area contributed by atoms with E-state index in [1.807, 2.05) is 19.2 Å². The van der Waals surface area contributed by atoms with Crippen molar-refractivity contribution < 1.29 is 4.79 Å². The van der Waals surface area contributed by atoms with Gasteiger partial charge in [0, 0.05) is 6.04 Å². The van der Waals surface area contributed by atoms with Gasteiger partial charge < -0.3 is 5.32 Å². The third kappa shape index (κ3) is 5.02. The molecule has 3 aromatic rings. The lowest BCUT2D eigenvalue weighted by Crippen LogP contribution is -2.37. The van der Waals surface area contributed by atoms with E-state index >= 15 is 0 Å². The van der Waals surface area contributed by atoms with Crippen LogP contribution in [0.25, 0.3) is 5.69 Å². The number of rotatable bonds is 7. The number of fused-ring (bicyclic) bond motifs is 1. The number of amides is 1. The number of benzene rings is 2. The zero-order chi connectivity index (χ0) is 21.8. The molecule has 0 radical (unpaired) electrons. The van der Waals surface area contributed by atoms with Crippen molar-refractivity contribution >= 4 is 5.91 Å². The van der Waals surface area contributed by atoms with Gasteiger partial charge in [0.1, 0.15) is 12.7 Å². The predicted molar refractivity (Wildman–Crippen MR) is 122 cm³/mol. The fourth-order valence-electron chi connectivity index (χ4n) is 4.26. The predicted octanol–water partition coefficient (Wildman–Crippen LogP) is 4.02. The molecule has 6 nitrogen and oxygen atoms in total. The Balaban J connectivity index is 1.33. The van der Waals surface area contributed by atoms with E-state index in [9.17, 15) is 4.79 Å². The molecule has 0 saturated heterocycles. The average Bonchev–Trinajstić information content (AvgIpc) is 3.33. The molecule has 1 N–H and O–H groups in total. The SMILES string of the molecule is C[C@@H](NC(=O)CN(C)[C@@H](C)c1ccc(-n2cncn2)cc1)c1ccc2c(c1)CCCC2. The van der Waals surface area contributed by atoms with Gasteiger partial charge in [-0.15, -0.1) is 0 Å². The summed E-state index contributed by atoms with van der Waals surface area (Å²) < 4.78 is 1.73. The summed E-state index contributed by atoms with van der Waals surface area (Å²) in [5.41, 5.74) is 6.23. The molecular weight excluding hydrogens is 386 g/mol. The monoisotopic (exact) mass is 417 g/mol. The third-order valence-corrected chi connectivity index (χ3v) is 6.36. The maximum Gasteiger partial charge on any atom is 0.234 e. The number of hydrogen-bond acceptors (Lipinski definition) is 4. The second-order valence-corrected chi connectivity index (χ2v) is 8.55. The number of nitrogens with zero attached hydrogens (tertiary/aromatic N) is 4. The molecule has 0 saturated carbocycles. The lowest BCUT2D eigenvalue weighted by molar-refractivity contribution is -0.123. The number of aryl methyl sites for hydroxylation is 2. The first-order valence-corrected chi connectivity index (χ1v) is 11.1. The first-order chi connectivity index (χ1) is 15.0. The smallest absolute Gasteiger partial charge is 0.234 e. The second kappa shape index (κ2) is 9.43. The third-order valence-electron chi connectivity index (χ3n) is 6.36. The summed E-state index contributed by atoms with van der Waals surface area (Å²) in [6.45, 7) is 4.53. The van der Waals surface area contributed by atoms with E-state index in [0.717, 1.165) is 17.7 Å². The Morgan fingerprint density at radius 2 is 1.77 bits per heavy atom. The van der Waals surface area contributed by atoms with Gasteiger partial charge in [-0.25, -0.2) is 9.67 Å². The van der Waals surface area contributed by atoms with Crippen LogP contribution in [0.4, 0.5) is 0 Å². The van der Waals surface area contributed by atoms with Crippen LogP contribution in [0.5, 0.6) is 0 Å². The molecule has 1 aliphatic carbocycles. The molecule has 0 bridgehead atoms. The van der Waals surface area contributed by atoms with Gasteiger partial charge in [-0.1, -0.05) is 30.3 Å². The van der Waals surface area contributed by atoms with E-state index in [2.05, 4.69) is 64.5 Å². The van der Waals surface area contributed by atoms with Gasteiger partial charge in [-0.3, -0.25) is 9.69 Å². The summed E-state index contributed by atoms with van der Waals surface area (Å²) >= 11 is 0. The Hall–Kier alpha value is -2.99. The fourth-order valence-corrected chi connectivity index (χ4v) is 4.26. The number of nitrogens with one attached hydrogen (secondary N) is 1. The maximum atomic E-state index is 12.7. The number of carbonyl (C=O) groups is 1. The van der Waals surface area contributed by atoms with Gasteiger partial charge in [0.2, 0.25) is 5.91 Å². The molecule has 0 fully saturated rings. The highest BCUT2D eigenvalue weighted by Gasteiger charge is 2.18. The summed E-state index contributed by atoms with van der Waals surface area (Å²) in [6, 6.07) is 15.0. The van der Waals surface area contributed by atoms with Crippen LogP contribution in [0.1, 0.15) is 61.0 Å². The molecule has 6 heteroatoms. The van der Waals surface area contributed by atoms with E-state index in [1.54, 1.807) is 11.0 Å². The summed E-state index contributed by atoms with van der Waals surface area (Å²) in [7, 11) is 1.99. The minimum atomic E-state index is 0.00500. The molecule has 4 rings (SSSR count). The highest BCUT2D eigenvalue weighted by molar-refractivity contribution is 5.78. The largest absolute Gasteiger partial charge is 0.348 e. The number of likely N-dealkylation sites (N-methyl/N-ethyl adjacent to an activating group) is 1. The van der Waals surface area contributed by atoms with Crippen LogP contribution in [-0.2, 0) is 17.6 Å². The van der Waals surface area contributed by atoms with E-state index in [-0.39, 0.29) is 18.0 Å². The molecule has 31 heavy (non-hydrogen) atoms. The zero-order valence-corrected chi connectivity index (χ0v) is 18.6.